The van der Waals surface area contributed by atoms with Crippen LogP contribution in [0.2, 0.25) is 0 Å². The van der Waals surface area contributed by atoms with Crippen molar-refractivity contribution in [3.63, 3.8) is 0 Å². The molecule has 2 N–H and O–H groups in total. The lowest BCUT2D eigenvalue weighted by atomic mass is 9.83. The van der Waals surface area contributed by atoms with E-state index >= 15 is 0 Å². The molecule has 104 valence electrons. The maximum atomic E-state index is 12.7. The minimum absolute atomic E-state index is 0.198. The Morgan fingerprint density at radius 3 is 2.26 bits per heavy atom. The van der Waals surface area contributed by atoms with Crippen molar-refractivity contribution in [1.29, 1.82) is 0 Å². The van der Waals surface area contributed by atoms with Gasteiger partial charge in [-0.3, -0.25) is 4.79 Å². The van der Waals surface area contributed by atoms with Crippen LogP contribution in [0.1, 0.15) is 45.1 Å². The van der Waals surface area contributed by atoms with Gasteiger partial charge >= 0.3 is 0 Å². The molecule has 1 aliphatic carbocycles. The Labute approximate surface area is 115 Å². The number of rotatable bonds is 3. The summed E-state index contributed by atoms with van der Waals surface area (Å²) in [6, 6.07) is 8.05. The third kappa shape index (κ3) is 2.75. The molecule has 1 fully saturated rings. The zero-order valence-corrected chi connectivity index (χ0v) is 12.1. The van der Waals surface area contributed by atoms with Crippen LogP contribution in [-0.2, 0) is 10.2 Å². The summed E-state index contributed by atoms with van der Waals surface area (Å²) in [5.74, 6) is 0.198. The standard InChI is InChI=1S/C16H24N2O/c1-16(2,12-8-10-13(17)11-9-12)15(19)18(3)14-6-4-5-7-14/h8-11,14H,4-7,17H2,1-3H3. The summed E-state index contributed by atoms with van der Waals surface area (Å²) in [5, 5.41) is 0. The number of hydrogen-bond acceptors (Lipinski definition) is 2. The first-order valence-corrected chi connectivity index (χ1v) is 7.06. The summed E-state index contributed by atoms with van der Waals surface area (Å²) in [4.78, 5) is 14.7. The topological polar surface area (TPSA) is 46.3 Å². The van der Waals surface area contributed by atoms with Crippen LogP contribution in [0.3, 0.4) is 0 Å². The fourth-order valence-corrected chi connectivity index (χ4v) is 2.92. The summed E-state index contributed by atoms with van der Waals surface area (Å²) in [6.07, 6.45) is 4.76. The van der Waals surface area contributed by atoms with Crippen LogP contribution < -0.4 is 5.73 Å². The summed E-state index contributed by atoms with van der Waals surface area (Å²) >= 11 is 0. The smallest absolute Gasteiger partial charge is 0.232 e. The summed E-state index contributed by atoms with van der Waals surface area (Å²) < 4.78 is 0. The first-order chi connectivity index (χ1) is 8.93. The average molecular weight is 260 g/mol. The SMILES string of the molecule is CN(C(=O)C(C)(C)c1ccc(N)cc1)C1CCCC1. The summed E-state index contributed by atoms with van der Waals surface area (Å²) in [6.45, 7) is 3.98. The second-order valence-corrected chi connectivity index (χ2v) is 6.10. The van der Waals surface area contributed by atoms with Crippen molar-refractivity contribution >= 4 is 11.6 Å². The number of anilines is 1. The van der Waals surface area contributed by atoms with Gasteiger partial charge in [-0.1, -0.05) is 25.0 Å². The molecule has 0 bridgehead atoms. The molecular weight excluding hydrogens is 236 g/mol. The average Bonchev–Trinajstić information content (AvgIpc) is 2.91. The zero-order chi connectivity index (χ0) is 14.0. The van der Waals surface area contributed by atoms with Crippen LogP contribution in [0.25, 0.3) is 0 Å². The Balaban J connectivity index is 2.18. The molecule has 0 aliphatic heterocycles. The minimum atomic E-state index is -0.495. The van der Waals surface area contributed by atoms with E-state index in [0.717, 1.165) is 24.1 Å². The molecule has 0 heterocycles. The van der Waals surface area contributed by atoms with Crippen LogP contribution in [0.15, 0.2) is 24.3 Å². The predicted octanol–water partition coefficient (Wildman–Crippen LogP) is 2.95. The van der Waals surface area contributed by atoms with E-state index in [1.165, 1.54) is 12.8 Å². The Hall–Kier alpha value is -1.51. The molecule has 19 heavy (non-hydrogen) atoms. The molecule has 1 aromatic carbocycles. The van der Waals surface area contributed by atoms with Crippen molar-refractivity contribution in [2.75, 3.05) is 12.8 Å². The van der Waals surface area contributed by atoms with Gasteiger partial charge in [0, 0.05) is 18.8 Å². The van der Waals surface area contributed by atoms with Crippen LogP contribution >= 0.6 is 0 Å². The van der Waals surface area contributed by atoms with Gasteiger partial charge in [0.1, 0.15) is 0 Å². The number of carbonyl (C=O) groups is 1. The number of nitrogens with zero attached hydrogens (tertiary/aromatic N) is 1. The van der Waals surface area contributed by atoms with Gasteiger partial charge in [0.25, 0.3) is 0 Å². The second kappa shape index (κ2) is 5.24. The minimum Gasteiger partial charge on any atom is -0.399 e. The highest BCUT2D eigenvalue weighted by Crippen LogP contribution is 2.30. The Morgan fingerprint density at radius 2 is 1.74 bits per heavy atom. The molecule has 3 nitrogen and oxygen atoms in total. The van der Waals surface area contributed by atoms with Gasteiger partial charge in [-0.05, 0) is 44.4 Å². The molecule has 1 saturated carbocycles. The van der Waals surface area contributed by atoms with E-state index in [1.54, 1.807) is 0 Å². The summed E-state index contributed by atoms with van der Waals surface area (Å²) in [5.41, 5.74) is 6.97. The van der Waals surface area contributed by atoms with Crippen molar-refractivity contribution in [2.24, 2.45) is 0 Å². The molecule has 0 spiro atoms. The number of amides is 1. The molecule has 1 aromatic rings. The highest BCUT2D eigenvalue weighted by Gasteiger charge is 2.35. The maximum Gasteiger partial charge on any atom is 0.232 e. The Bertz CT molecular complexity index is 444. The fraction of sp³-hybridized carbons (Fsp3) is 0.562. The molecule has 0 saturated heterocycles. The first-order valence-electron chi connectivity index (χ1n) is 7.06. The van der Waals surface area contributed by atoms with E-state index in [2.05, 4.69) is 0 Å². The second-order valence-electron chi connectivity index (χ2n) is 6.10. The molecular formula is C16H24N2O. The van der Waals surface area contributed by atoms with Crippen molar-refractivity contribution in [3.8, 4) is 0 Å². The quantitative estimate of drug-likeness (QED) is 0.849. The van der Waals surface area contributed by atoms with Crippen LogP contribution in [0.4, 0.5) is 5.69 Å². The molecule has 0 radical (unpaired) electrons. The first kappa shape index (κ1) is 13.9. The highest BCUT2D eigenvalue weighted by atomic mass is 16.2. The van der Waals surface area contributed by atoms with E-state index in [9.17, 15) is 4.79 Å². The van der Waals surface area contributed by atoms with Gasteiger partial charge < -0.3 is 10.6 Å². The molecule has 0 unspecified atom stereocenters. The Kier molecular flexibility index (Phi) is 3.83. The third-order valence-electron chi connectivity index (χ3n) is 4.36. The number of likely N-dealkylation sites (N-methyl/N-ethyl adjacent to an activating group) is 1. The number of nitrogens with two attached hydrogens (primary N) is 1. The molecule has 1 aliphatic rings. The normalized spacial score (nSPS) is 16.6. The van der Waals surface area contributed by atoms with Gasteiger partial charge in [-0.25, -0.2) is 0 Å². The van der Waals surface area contributed by atoms with Crippen molar-refractivity contribution < 1.29 is 4.79 Å². The zero-order valence-electron chi connectivity index (χ0n) is 12.1. The van der Waals surface area contributed by atoms with E-state index < -0.39 is 5.41 Å². The van der Waals surface area contributed by atoms with Crippen LogP contribution in [0.5, 0.6) is 0 Å². The van der Waals surface area contributed by atoms with Gasteiger partial charge in [0.05, 0.1) is 5.41 Å². The maximum absolute atomic E-state index is 12.7. The van der Waals surface area contributed by atoms with Crippen molar-refractivity contribution in [1.82, 2.24) is 4.90 Å². The van der Waals surface area contributed by atoms with E-state index in [4.69, 9.17) is 5.73 Å². The van der Waals surface area contributed by atoms with Gasteiger partial charge in [0.15, 0.2) is 0 Å². The van der Waals surface area contributed by atoms with Crippen molar-refractivity contribution in [2.45, 2.75) is 51.0 Å². The predicted molar refractivity (Wildman–Crippen MR) is 78.9 cm³/mol. The van der Waals surface area contributed by atoms with E-state index in [1.807, 2.05) is 50.1 Å². The Morgan fingerprint density at radius 1 is 1.21 bits per heavy atom. The molecule has 0 aromatic heterocycles. The monoisotopic (exact) mass is 260 g/mol. The summed E-state index contributed by atoms with van der Waals surface area (Å²) in [7, 11) is 1.94. The number of carbonyl (C=O) groups excluding carboxylic acids is 1. The van der Waals surface area contributed by atoms with Gasteiger partial charge in [0.2, 0.25) is 5.91 Å². The molecule has 1 amide bonds. The molecule has 2 rings (SSSR count). The largest absolute Gasteiger partial charge is 0.399 e. The lowest BCUT2D eigenvalue weighted by molar-refractivity contribution is -0.137. The lowest BCUT2D eigenvalue weighted by Crippen LogP contribution is -2.45. The van der Waals surface area contributed by atoms with Crippen LogP contribution in [0, 0.1) is 0 Å². The number of nitrogen functional groups attached to an aromatic ring is 1. The number of hydrogen-bond donors (Lipinski definition) is 1. The van der Waals surface area contributed by atoms with Crippen molar-refractivity contribution in [3.05, 3.63) is 29.8 Å². The van der Waals surface area contributed by atoms with E-state index in [0.29, 0.717) is 6.04 Å². The number of benzene rings is 1. The van der Waals surface area contributed by atoms with Gasteiger partial charge in [-0.15, -0.1) is 0 Å². The third-order valence-corrected chi connectivity index (χ3v) is 4.36. The van der Waals surface area contributed by atoms with Gasteiger partial charge in [-0.2, -0.15) is 0 Å². The highest BCUT2D eigenvalue weighted by molar-refractivity contribution is 5.87. The molecule has 3 heteroatoms. The fourth-order valence-electron chi connectivity index (χ4n) is 2.92. The lowest BCUT2D eigenvalue weighted by Gasteiger charge is -2.33. The van der Waals surface area contributed by atoms with E-state index in [-0.39, 0.29) is 5.91 Å². The molecule has 0 atom stereocenters. The van der Waals surface area contributed by atoms with Crippen LogP contribution in [-0.4, -0.2) is 23.9 Å².